The molecule has 0 aliphatic carbocycles. The van der Waals surface area contributed by atoms with E-state index in [-0.39, 0.29) is 5.91 Å². The summed E-state index contributed by atoms with van der Waals surface area (Å²) in [6, 6.07) is 19.3. The predicted octanol–water partition coefficient (Wildman–Crippen LogP) is 4.38. The second-order valence-electron chi connectivity index (χ2n) is 6.94. The van der Waals surface area contributed by atoms with Crippen LogP contribution in [0.5, 0.6) is 0 Å². The molecule has 1 fully saturated rings. The summed E-state index contributed by atoms with van der Waals surface area (Å²) in [7, 11) is 0. The quantitative estimate of drug-likeness (QED) is 0.694. The number of aromatic nitrogens is 2. The van der Waals surface area contributed by atoms with Gasteiger partial charge in [-0.2, -0.15) is 0 Å². The van der Waals surface area contributed by atoms with Gasteiger partial charge in [-0.25, -0.2) is 0 Å². The average Bonchev–Trinajstić information content (AvgIpc) is 3.25. The van der Waals surface area contributed by atoms with Crippen LogP contribution in [0.25, 0.3) is 0 Å². The van der Waals surface area contributed by atoms with Crippen molar-refractivity contribution < 1.29 is 4.79 Å². The van der Waals surface area contributed by atoms with Gasteiger partial charge in [-0.3, -0.25) is 4.79 Å². The van der Waals surface area contributed by atoms with Crippen LogP contribution >= 0.6 is 0 Å². The fourth-order valence-corrected chi connectivity index (χ4v) is 3.36. The molecule has 4 rings (SSSR count). The Labute approximate surface area is 164 Å². The van der Waals surface area contributed by atoms with Crippen LogP contribution in [0, 0.1) is 6.92 Å². The van der Waals surface area contributed by atoms with E-state index >= 15 is 0 Å². The number of rotatable bonds is 5. The molecule has 1 aliphatic rings. The van der Waals surface area contributed by atoms with Gasteiger partial charge in [0.05, 0.1) is 0 Å². The smallest absolute Gasteiger partial charge is 0.257 e. The number of hydrogen-bond donors (Lipinski definition) is 2. The Morgan fingerprint density at radius 3 is 2.25 bits per heavy atom. The van der Waals surface area contributed by atoms with Gasteiger partial charge in [0.2, 0.25) is 0 Å². The van der Waals surface area contributed by atoms with Gasteiger partial charge < -0.3 is 15.5 Å². The molecule has 6 nitrogen and oxygen atoms in total. The lowest BCUT2D eigenvalue weighted by Gasteiger charge is -2.17. The molecule has 0 saturated carbocycles. The first-order valence-electron chi connectivity index (χ1n) is 9.52. The first kappa shape index (κ1) is 18.0. The van der Waals surface area contributed by atoms with E-state index in [4.69, 9.17) is 0 Å². The summed E-state index contributed by atoms with van der Waals surface area (Å²) in [4.78, 5) is 14.8. The Kier molecular flexibility index (Phi) is 5.19. The van der Waals surface area contributed by atoms with E-state index < -0.39 is 0 Å². The zero-order valence-corrected chi connectivity index (χ0v) is 15.9. The van der Waals surface area contributed by atoms with Crippen LogP contribution in [0.15, 0.2) is 60.7 Å². The highest BCUT2D eigenvalue weighted by atomic mass is 16.1. The van der Waals surface area contributed by atoms with Gasteiger partial charge in [0, 0.05) is 30.0 Å². The van der Waals surface area contributed by atoms with Crippen molar-refractivity contribution in [3.8, 4) is 0 Å². The summed E-state index contributed by atoms with van der Waals surface area (Å²) in [5, 5.41) is 14.3. The van der Waals surface area contributed by atoms with Crippen LogP contribution in [0.3, 0.4) is 0 Å². The highest BCUT2D eigenvalue weighted by Gasteiger charge is 2.12. The lowest BCUT2D eigenvalue weighted by Crippen LogP contribution is -2.17. The van der Waals surface area contributed by atoms with Crippen LogP contribution in [0.4, 0.5) is 23.0 Å². The molecular weight excluding hydrogens is 350 g/mol. The summed E-state index contributed by atoms with van der Waals surface area (Å²) in [5.41, 5.74) is 3.76. The molecule has 142 valence electrons. The fraction of sp³-hybridized carbons (Fsp3) is 0.227. The third-order valence-corrected chi connectivity index (χ3v) is 4.91. The van der Waals surface area contributed by atoms with Gasteiger partial charge in [0.25, 0.3) is 5.91 Å². The average molecular weight is 373 g/mol. The van der Waals surface area contributed by atoms with Crippen molar-refractivity contribution in [1.29, 1.82) is 0 Å². The zero-order chi connectivity index (χ0) is 19.3. The maximum Gasteiger partial charge on any atom is 0.257 e. The molecule has 1 aromatic heterocycles. The van der Waals surface area contributed by atoms with Gasteiger partial charge >= 0.3 is 0 Å². The normalized spacial score (nSPS) is 13.4. The second-order valence-corrected chi connectivity index (χ2v) is 6.94. The Hall–Kier alpha value is -3.41. The minimum atomic E-state index is -0.189. The van der Waals surface area contributed by atoms with Crippen molar-refractivity contribution in [1.82, 2.24) is 10.2 Å². The Morgan fingerprint density at radius 2 is 1.57 bits per heavy atom. The lowest BCUT2D eigenvalue weighted by molar-refractivity contribution is 0.102. The van der Waals surface area contributed by atoms with Gasteiger partial charge in [-0.15, -0.1) is 10.2 Å². The number of nitrogens with zero attached hydrogens (tertiary/aromatic N) is 3. The minimum absolute atomic E-state index is 0.189. The van der Waals surface area contributed by atoms with Crippen molar-refractivity contribution in [3.63, 3.8) is 0 Å². The standard InChI is InChI=1S/C22H23N5O/c1-16-6-2-3-7-19(16)22(28)24-21-13-12-20(25-26-21)23-17-8-10-18(11-9-17)27-14-4-5-15-27/h2-3,6-13H,4-5,14-15H2,1H3,(H,23,25)(H,24,26,28). The van der Waals surface area contributed by atoms with Crippen molar-refractivity contribution in [2.75, 3.05) is 28.6 Å². The first-order valence-corrected chi connectivity index (χ1v) is 9.52. The van der Waals surface area contributed by atoms with Crippen LogP contribution in [-0.2, 0) is 0 Å². The van der Waals surface area contributed by atoms with E-state index in [1.807, 2.05) is 37.3 Å². The number of benzene rings is 2. The molecule has 2 N–H and O–H groups in total. The molecule has 0 atom stereocenters. The third kappa shape index (κ3) is 4.11. The molecule has 3 aromatic rings. The van der Waals surface area contributed by atoms with Crippen molar-refractivity contribution in [3.05, 3.63) is 71.8 Å². The van der Waals surface area contributed by atoms with Gasteiger partial charge in [0.15, 0.2) is 11.6 Å². The van der Waals surface area contributed by atoms with Crippen LogP contribution < -0.4 is 15.5 Å². The van der Waals surface area contributed by atoms with Gasteiger partial charge in [0.1, 0.15) is 0 Å². The monoisotopic (exact) mass is 373 g/mol. The SMILES string of the molecule is Cc1ccccc1C(=O)Nc1ccc(Nc2ccc(N3CCCC3)cc2)nn1. The number of hydrogen-bond acceptors (Lipinski definition) is 5. The molecule has 0 spiro atoms. The molecule has 2 aromatic carbocycles. The van der Waals surface area contributed by atoms with Crippen molar-refractivity contribution in [2.45, 2.75) is 19.8 Å². The molecular formula is C22H23N5O. The third-order valence-electron chi connectivity index (χ3n) is 4.91. The Balaban J connectivity index is 1.38. The maximum atomic E-state index is 12.4. The maximum absolute atomic E-state index is 12.4. The summed E-state index contributed by atoms with van der Waals surface area (Å²) in [6.07, 6.45) is 2.53. The number of anilines is 4. The van der Waals surface area contributed by atoms with Crippen molar-refractivity contribution in [2.24, 2.45) is 0 Å². The Bertz CT molecular complexity index is 947. The molecule has 0 radical (unpaired) electrons. The van der Waals surface area contributed by atoms with E-state index in [0.29, 0.717) is 17.2 Å². The molecule has 1 aliphatic heterocycles. The number of carbonyl (C=O) groups is 1. The van der Waals surface area contributed by atoms with Gasteiger partial charge in [-0.1, -0.05) is 18.2 Å². The van der Waals surface area contributed by atoms with E-state index in [1.165, 1.54) is 18.5 Å². The Morgan fingerprint density at radius 1 is 0.893 bits per heavy atom. The zero-order valence-electron chi connectivity index (χ0n) is 15.9. The van der Waals surface area contributed by atoms with Crippen LogP contribution in [0.1, 0.15) is 28.8 Å². The molecule has 0 bridgehead atoms. The highest BCUT2D eigenvalue weighted by Crippen LogP contribution is 2.23. The van der Waals surface area contributed by atoms with Gasteiger partial charge in [-0.05, 0) is 67.8 Å². The number of carbonyl (C=O) groups excluding carboxylic acids is 1. The highest BCUT2D eigenvalue weighted by molar-refractivity contribution is 6.04. The number of aryl methyl sites for hydroxylation is 1. The second kappa shape index (κ2) is 8.08. The van der Waals surface area contributed by atoms with Crippen LogP contribution in [-0.4, -0.2) is 29.2 Å². The van der Waals surface area contributed by atoms with E-state index in [0.717, 1.165) is 24.3 Å². The summed E-state index contributed by atoms with van der Waals surface area (Å²) < 4.78 is 0. The first-order chi connectivity index (χ1) is 13.7. The lowest BCUT2D eigenvalue weighted by atomic mass is 10.1. The van der Waals surface area contributed by atoms with E-state index in [1.54, 1.807) is 18.2 Å². The van der Waals surface area contributed by atoms with E-state index in [9.17, 15) is 4.79 Å². The van der Waals surface area contributed by atoms with E-state index in [2.05, 4.69) is 37.9 Å². The molecule has 1 saturated heterocycles. The molecule has 0 unspecified atom stereocenters. The summed E-state index contributed by atoms with van der Waals surface area (Å²) >= 11 is 0. The molecule has 1 amide bonds. The predicted molar refractivity (Wildman–Crippen MR) is 112 cm³/mol. The van der Waals surface area contributed by atoms with Crippen molar-refractivity contribution >= 4 is 28.9 Å². The topological polar surface area (TPSA) is 70.2 Å². The summed E-state index contributed by atoms with van der Waals surface area (Å²) in [5.74, 6) is 0.858. The number of amides is 1. The largest absolute Gasteiger partial charge is 0.372 e. The summed E-state index contributed by atoms with van der Waals surface area (Å²) in [6.45, 7) is 4.17. The molecule has 6 heteroatoms. The molecule has 28 heavy (non-hydrogen) atoms. The van der Waals surface area contributed by atoms with Crippen LogP contribution in [0.2, 0.25) is 0 Å². The minimum Gasteiger partial charge on any atom is -0.372 e. The molecule has 2 heterocycles. The number of nitrogens with one attached hydrogen (secondary N) is 2. The fourth-order valence-electron chi connectivity index (χ4n) is 3.36.